The van der Waals surface area contributed by atoms with Crippen LogP contribution in [0.5, 0.6) is 0 Å². The second kappa shape index (κ2) is 7.54. The summed E-state index contributed by atoms with van der Waals surface area (Å²) in [5, 5.41) is 5.83. The predicted octanol–water partition coefficient (Wildman–Crippen LogP) is 4.38. The van der Waals surface area contributed by atoms with Gasteiger partial charge in [0.15, 0.2) is 11.5 Å². The molecule has 0 saturated heterocycles. The van der Waals surface area contributed by atoms with Crippen molar-refractivity contribution in [2.45, 2.75) is 13.3 Å². The van der Waals surface area contributed by atoms with Gasteiger partial charge in [-0.3, -0.25) is 4.79 Å². The molecule has 0 aliphatic carbocycles. The van der Waals surface area contributed by atoms with E-state index in [4.69, 9.17) is 28.2 Å². The summed E-state index contributed by atoms with van der Waals surface area (Å²) in [6, 6.07) is 13.3. The fourth-order valence-electron chi connectivity index (χ4n) is 3.31. The Kier molecular flexibility index (Phi) is 5.06. The molecule has 8 heteroatoms. The van der Waals surface area contributed by atoms with Gasteiger partial charge in [0, 0.05) is 20.5 Å². The lowest BCUT2D eigenvalue weighted by Crippen LogP contribution is -2.16. The van der Waals surface area contributed by atoms with Crippen LogP contribution in [0.25, 0.3) is 16.7 Å². The van der Waals surface area contributed by atoms with Crippen molar-refractivity contribution < 1.29 is 0 Å². The molecule has 29 heavy (non-hydrogen) atoms. The van der Waals surface area contributed by atoms with E-state index in [-0.39, 0.29) is 5.56 Å². The summed E-state index contributed by atoms with van der Waals surface area (Å²) < 4.78 is 1.55. The Balaban J connectivity index is 1.97. The summed E-state index contributed by atoms with van der Waals surface area (Å²) in [5.41, 5.74) is 2.86. The lowest BCUT2D eigenvalue weighted by atomic mass is 10.1. The summed E-state index contributed by atoms with van der Waals surface area (Å²) in [4.78, 5) is 22.3. The molecule has 6 nitrogen and oxygen atoms in total. The predicted molar refractivity (Wildman–Crippen MR) is 118 cm³/mol. The number of halogens is 2. The van der Waals surface area contributed by atoms with Crippen molar-refractivity contribution >= 4 is 40.1 Å². The molecule has 0 bridgehead atoms. The van der Waals surface area contributed by atoms with Crippen molar-refractivity contribution in [2.75, 3.05) is 19.0 Å². The molecule has 2 aromatic carbocycles. The van der Waals surface area contributed by atoms with E-state index in [0.717, 1.165) is 11.1 Å². The molecule has 0 aliphatic rings. The van der Waals surface area contributed by atoms with Crippen LogP contribution in [0.2, 0.25) is 10.0 Å². The van der Waals surface area contributed by atoms with Crippen LogP contribution in [0, 0.1) is 6.92 Å². The van der Waals surface area contributed by atoms with Crippen molar-refractivity contribution in [1.82, 2.24) is 19.7 Å². The zero-order valence-electron chi connectivity index (χ0n) is 16.2. The molecule has 0 saturated carbocycles. The first kappa shape index (κ1) is 19.5. The Morgan fingerprint density at radius 3 is 2.45 bits per heavy atom. The van der Waals surface area contributed by atoms with Crippen molar-refractivity contribution in [3.8, 4) is 5.69 Å². The number of benzene rings is 2. The van der Waals surface area contributed by atoms with Crippen molar-refractivity contribution in [2.24, 2.45) is 0 Å². The number of aromatic amines is 1. The zero-order chi connectivity index (χ0) is 20.7. The van der Waals surface area contributed by atoms with Gasteiger partial charge < -0.3 is 9.88 Å². The smallest absolute Gasteiger partial charge is 0.264 e. The van der Waals surface area contributed by atoms with E-state index in [1.54, 1.807) is 27.8 Å². The van der Waals surface area contributed by atoms with Crippen molar-refractivity contribution in [3.63, 3.8) is 0 Å². The summed E-state index contributed by atoms with van der Waals surface area (Å²) in [7, 11) is 3.64. The van der Waals surface area contributed by atoms with Gasteiger partial charge in [-0.1, -0.05) is 59.1 Å². The van der Waals surface area contributed by atoms with Crippen LogP contribution in [-0.4, -0.2) is 33.8 Å². The Labute approximate surface area is 177 Å². The zero-order valence-corrected chi connectivity index (χ0v) is 17.7. The number of hydrogen-bond acceptors (Lipinski definition) is 4. The number of hydrogen-bond donors (Lipinski definition) is 1. The Morgan fingerprint density at radius 1 is 1.10 bits per heavy atom. The average molecular weight is 428 g/mol. The molecule has 0 aliphatic heterocycles. The molecule has 2 heterocycles. The van der Waals surface area contributed by atoms with Gasteiger partial charge >= 0.3 is 0 Å². The van der Waals surface area contributed by atoms with E-state index in [9.17, 15) is 4.79 Å². The lowest BCUT2D eigenvalue weighted by molar-refractivity contribution is 0.868. The largest absolute Gasteiger partial charge is 0.361 e. The van der Waals surface area contributed by atoms with E-state index in [2.05, 4.69) is 16.1 Å². The van der Waals surface area contributed by atoms with Crippen molar-refractivity contribution in [3.05, 3.63) is 79.8 Å². The van der Waals surface area contributed by atoms with Crippen LogP contribution < -0.4 is 10.5 Å². The minimum Gasteiger partial charge on any atom is -0.361 e. The summed E-state index contributed by atoms with van der Waals surface area (Å²) in [6.07, 6.45) is 0.492. The Morgan fingerprint density at radius 2 is 1.79 bits per heavy atom. The monoisotopic (exact) mass is 427 g/mol. The van der Waals surface area contributed by atoms with Gasteiger partial charge in [-0.05, 0) is 24.6 Å². The van der Waals surface area contributed by atoms with Gasteiger partial charge in [0.25, 0.3) is 5.56 Å². The third-order valence-corrected chi connectivity index (χ3v) is 5.21. The van der Waals surface area contributed by atoms with Gasteiger partial charge in [-0.2, -0.15) is 0 Å². The molecule has 0 fully saturated rings. The van der Waals surface area contributed by atoms with Crippen LogP contribution in [0.3, 0.4) is 0 Å². The van der Waals surface area contributed by atoms with Crippen LogP contribution >= 0.6 is 23.2 Å². The third-order valence-electron chi connectivity index (χ3n) is 4.60. The van der Waals surface area contributed by atoms with Crippen molar-refractivity contribution in [1.29, 1.82) is 0 Å². The summed E-state index contributed by atoms with van der Waals surface area (Å²) in [5.74, 6) is 1.04. The lowest BCUT2D eigenvalue weighted by Gasteiger charge is -2.09. The summed E-state index contributed by atoms with van der Waals surface area (Å²) in [6.45, 7) is 2.03. The van der Waals surface area contributed by atoms with Crippen LogP contribution in [0.15, 0.2) is 47.3 Å². The molecular formula is C21H19Cl2N5O. The molecule has 4 rings (SSSR count). The number of fused-ring (bicyclic) bond motifs is 1. The quantitative estimate of drug-likeness (QED) is 0.524. The van der Waals surface area contributed by atoms with E-state index < -0.39 is 0 Å². The Hall–Kier alpha value is -2.83. The Bertz CT molecular complexity index is 1260. The molecule has 0 unspecified atom stereocenters. The third kappa shape index (κ3) is 3.61. The van der Waals surface area contributed by atoms with E-state index in [0.29, 0.717) is 44.8 Å². The molecule has 0 spiro atoms. The van der Waals surface area contributed by atoms with Gasteiger partial charge in [-0.25, -0.2) is 9.67 Å². The first-order valence-electron chi connectivity index (χ1n) is 9.04. The fraction of sp³-hybridized carbons (Fsp3) is 0.190. The first-order valence-corrected chi connectivity index (χ1v) is 9.80. The number of H-pyrrole nitrogens is 1. The summed E-state index contributed by atoms with van der Waals surface area (Å²) >= 11 is 12.8. The van der Waals surface area contributed by atoms with Crippen LogP contribution in [0.1, 0.15) is 17.0 Å². The number of anilines is 1. The SMILES string of the molecule is Cc1cccc(Cc2nc3c(c(N(C)C)nn3-c3c(Cl)cccc3Cl)c(=O)[nH]2)c1. The van der Waals surface area contributed by atoms with Crippen LogP contribution in [-0.2, 0) is 6.42 Å². The van der Waals surface area contributed by atoms with Gasteiger partial charge in [0.1, 0.15) is 16.9 Å². The molecule has 148 valence electrons. The fourth-order valence-corrected chi connectivity index (χ4v) is 3.87. The van der Waals surface area contributed by atoms with Gasteiger partial charge in [-0.15, -0.1) is 5.10 Å². The second-order valence-electron chi connectivity index (χ2n) is 7.08. The number of nitrogens with one attached hydrogen (secondary N) is 1. The normalized spacial score (nSPS) is 11.2. The highest BCUT2D eigenvalue weighted by Crippen LogP contribution is 2.32. The molecule has 4 aromatic rings. The molecule has 1 N–H and O–H groups in total. The van der Waals surface area contributed by atoms with Gasteiger partial charge in [0.2, 0.25) is 0 Å². The molecular weight excluding hydrogens is 409 g/mol. The van der Waals surface area contributed by atoms with Gasteiger partial charge in [0.05, 0.1) is 10.0 Å². The minimum atomic E-state index is -0.254. The maximum Gasteiger partial charge on any atom is 0.264 e. The highest BCUT2D eigenvalue weighted by Gasteiger charge is 2.22. The molecule has 0 amide bonds. The number of nitrogens with zero attached hydrogens (tertiary/aromatic N) is 4. The molecule has 0 radical (unpaired) electrons. The number of aromatic nitrogens is 4. The molecule has 2 aromatic heterocycles. The van der Waals surface area contributed by atoms with Crippen LogP contribution in [0.4, 0.5) is 5.82 Å². The number of aryl methyl sites for hydroxylation is 1. The highest BCUT2D eigenvalue weighted by molar-refractivity contribution is 6.37. The minimum absolute atomic E-state index is 0.254. The second-order valence-corrected chi connectivity index (χ2v) is 7.89. The average Bonchev–Trinajstić information content (AvgIpc) is 3.02. The van der Waals surface area contributed by atoms with E-state index >= 15 is 0 Å². The maximum atomic E-state index is 13.0. The topological polar surface area (TPSA) is 66.8 Å². The highest BCUT2D eigenvalue weighted by atomic mass is 35.5. The van der Waals surface area contributed by atoms with E-state index in [1.165, 1.54) is 0 Å². The van der Waals surface area contributed by atoms with E-state index in [1.807, 2.05) is 39.2 Å². The number of para-hydroxylation sites is 1. The first-order chi connectivity index (χ1) is 13.8. The standard InChI is InChI=1S/C21H19Cl2N5O/c1-12-6-4-7-13(10-12)11-16-24-19-17(21(29)25-16)20(27(2)3)26-28(19)18-14(22)8-5-9-15(18)23/h4-10H,11H2,1-3H3,(H,24,25,29). The maximum absolute atomic E-state index is 13.0. The molecule has 0 atom stereocenters. The number of rotatable bonds is 4.